The average molecular weight is 927 g/mol. The van der Waals surface area contributed by atoms with Crippen molar-refractivity contribution in [3.63, 3.8) is 0 Å². The minimum absolute atomic E-state index is 0.130. The number of nitrogens with zero attached hydrogens (tertiary/aromatic N) is 1. The zero-order valence-electron chi connectivity index (χ0n) is 36.8. The Morgan fingerprint density at radius 1 is 0.708 bits per heavy atom. The Morgan fingerprint density at radius 2 is 1.26 bits per heavy atom. The first-order valence-electron chi connectivity index (χ1n) is 20.9. The van der Waals surface area contributed by atoms with Crippen molar-refractivity contribution in [1.29, 1.82) is 0 Å². The van der Waals surface area contributed by atoms with Crippen LogP contribution in [0.15, 0.2) is 30.3 Å². The molecule has 0 heterocycles. The number of aliphatic hydroxyl groups excluding tert-OH is 4. The lowest BCUT2D eigenvalue weighted by Crippen LogP contribution is -2.62. The number of hydrogen-bond donors (Lipinski definition) is 14. The SMILES string of the molecule is CC(C)COC(=O)N(CC(CC(N)=O)NC(=O)[C@@H](N)CO)C(C(=O)N[C@@H](CO)C(=O)NC(CCC(=O)NCCCCNC(=O)C(Cc1ccccc1)NC(=O)C(N)CO)C(=O)O)C(C)O. The molecule has 1 aromatic carbocycles. The van der Waals surface area contributed by atoms with Crippen molar-refractivity contribution in [3.05, 3.63) is 35.9 Å². The van der Waals surface area contributed by atoms with Crippen LogP contribution in [-0.2, 0) is 49.5 Å². The molecule has 1 aromatic rings. The molecular formula is C40H66N10O15. The Bertz CT molecular complexity index is 1720. The molecule has 0 aliphatic heterocycles. The standard InChI is InChI=1S/C40H66N10O15/c1-22(2)21-65-40(64)50(17-25(16-31(43)55)46-34(57)26(41)18-51)33(23(3)54)38(61)49-30(20-53)37(60)47-28(39(62)63)11-12-32(56)44-13-7-8-14-45-36(59)29(48-35(58)27(42)19-52)15-24-9-5-4-6-10-24/h4-6,9-10,22-23,25-30,33,51-54H,7-8,11-21,41-42H2,1-3H3,(H2,43,55)(H,44,56)(H,45,59)(H,46,57)(H,47,60)(H,48,58)(H,49,61)(H,62,63)/t23?,25?,26-,27?,28?,29?,30-,33?/m0/s1. The Kier molecular flexibility index (Phi) is 26.5. The Balaban J connectivity index is 2.90. The van der Waals surface area contributed by atoms with Crippen LogP contribution in [0.1, 0.15) is 58.4 Å². The van der Waals surface area contributed by atoms with Gasteiger partial charge in [-0.05, 0) is 37.7 Å². The number of nitrogens with two attached hydrogens (primary N) is 3. The van der Waals surface area contributed by atoms with Crippen LogP contribution in [0.25, 0.3) is 0 Å². The fraction of sp³-hybridized carbons (Fsp3) is 0.625. The van der Waals surface area contributed by atoms with Crippen molar-refractivity contribution in [2.45, 2.75) is 108 Å². The normalized spacial score (nSPS) is 14.7. The van der Waals surface area contributed by atoms with Crippen molar-refractivity contribution in [2.24, 2.45) is 23.1 Å². The first-order chi connectivity index (χ1) is 30.6. The summed E-state index contributed by atoms with van der Waals surface area (Å²) < 4.78 is 5.26. The van der Waals surface area contributed by atoms with Crippen molar-refractivity contribution in [2.75, 3.05) is 46.1 Å². The molecule has 0 saturated carbocycles. The number of rotatable bonds is 31. The number of nitrogens with one attached hydrogen (secondary N) is 6. The zero-order valence-corrected chi connectivity index (χ0v) is 36.8. The molecule has 366 valence electrons. The van der Waals surface area contributed by atoms with E-state index in [0.717, 1.165) is 12.5 Å². The third kappa shape index (κ3) is 22.0. The van der Waals surface area contributed by atoms with Crippen molar-refractivity contribution < 1.29 is 73.4 Å². The summed E-state index contributed by atoms with van der Waals surface area (Å²) in [6, 6.07) is -1.54. The molecule has 0 bridgehead atoms. The second-order valence-corrected chi connectivity index (χ2v) is 15.5. The predicted octanol–water partition coefficient (Wildman–Crippen LogP) is -5.60. The van der Waals surface area contributed by atoms with E-state index in [-0.39, 0.29) is 38.5 Å². The monoisotopic (exact) mass is 926 g/mol. The highest BCUT2D eigenvalue weighted by Gasteiger charge is 2.39. The minimum Gasteiger partial charge on any atom is -0.480 e. The molecule has 0 aliphatic rings. The fourth-order valence-corrected chi connectivity index (χ4v) is 5.85. The molecule has 17 N–H and O–H groups in total. The summed E-state index contributed by atoms with van der Waals surface area (Å²) in [6.07, 6.45) is -3.41. The lowest BCUT2D eigenvalue weighted by molar-refractivity contribution is -0.143. The van der Waals surface area contributed by atoms with E-state index in [4.69, 9.17) is 21.9 Å². The highest BCUT2D eigenvalue weighted by atomic mass is 16.6. The number of carboxylic acids is 1. The van der Waals surface area contributed by atoms with Gasteiger partial charge in [0.15, 0.2) is 0 Å². The number of primary amides is 1. The largest absolute Gasteiger partial charge is 0.480 e. The van der Waals surface area contributed by atoms with E-state index in [2.05, 4.69) is 31.9 Å². The summed E-state index contributed by atoms with van der Waals surface area (Å²) in [5.41, 5.74) is 17.2. The van der Waals surface area contributed by atoms with Gasteiger partial charge < -0.3 is 79.4 Å². The van der Waals surface area contributed by atoms with E-state index in [1.54, 1.807) is 44.2 Å². The van der Waals surface area contributed by atoms with Crippen LogP contribution < -0.4 is 49.1 Å². The molecule has 25 heteroatoms. The van der Waals surface area contributed by atoms with Crippen LogP contribution in [-0.4, -0.2) is 178 Å². The molecule has 6 unspecified atom stereocenters. The van der Waals surface area contributed by atoms with E-state index < -0.39 is 141 Å². The third-order valence-corrected chi connectivity index (χ3v) is 9.34. The van der Waals surface area contributed by atoms with Crippen LogP contribution in [0.5, 0.6) is 0 Å². The van der Waals surface area contributed by atoms with Gasteiger partial charge in [0.05, 0.1) is 38.6 Å². The summed E-state index contributed by atoms with van der Waals surface area (Å²) in [5, 5.41) is 63.5. The summed E-state index contributed by atoms with van der Waals surface area (Å²) in [5.74, 6) is -7.92. The molecule has 25 nitrogen and oxygen atoms in total. The molecule has 1 rings (SSSR count). The second kappa shape index (κ2) is 30.2. The predicted molar refractivity (Wildman–Crippen MR) is 229 cm³/mol. The molecule has 0 spiro atoms. The van der Waals surface area contributed by atoms with Gasteiger partial charge in [-0.1, -0.05) is 44.2 Å². The van der Waals surface area contributed by atoms with Crippen molar-refractivity contribution in [1.82, 2.24) is 36.8 Å². The molecule has 0 fully saturated rings. The van der Waals surface area contributed by atoms with E-state index >= 15 is 0 Å². The summed E-state index contributed by atoms with van der Waals surface area (Å²) >= 11 is 0. The Morgan fingerprint density at radius 3 is 1.78 bits per heavy atom. The van der Waals surface area contributed by atoms with Gasteiger partial charge in [0.1, 0.15) is 36.3 Å². The number of carboxylic acid groups (broad SMARTS) is 1. The van der Waals surface area contributed by atoms with Crippen molar-refractivity contribution >= 4 is 53.4 Å². The van der Waals surface area contributed by atoms with Crippen LogP contribution >= 0.6 is 0 Å². The lowest BCUT2D eigenvalue weighted by atomic mass is 10.0. The van der Waals surface area contributed by atoms with Gasteiger partial charge >= 0.3 is 12.1 Å². The molecule has 8 atom stereocenters. The summed E-state index contributed by atoms with van der Waals surface area (Å²) in [6.45, 7) is 1.43. The second-order valence-electron chi connectivity index (χ2n) is 15.5. The van der Waals surface area contributed by atoms with E-state index in [0.29, 0.717) is 17.7 Å². The first-order valence-corrected chi connectivity index (χ1v) is 20.9. The van der Waals surface area contributed by atoms with Gasteiger partial charge in [-0.3, -0.25) is 38.5 Å². The number of unbranched alkanes of at least 4 members (excludes halogenated alkanes) is 1. The maximum atomic E-state index is 13.7. The molecule has 0 radical (unpaired) electrons. The van der Waals surface area contributed by atoms with Gasteiger partial charge in [-0.2, -0.15) is 0 Å². The topological polar surface area (TPSA) is 417 Å². The van der Waals surface area contributed by atoms with Gasteiger partial charge in [-0.25, -0.2) is 9.59 Å². The van der Waals surface area contributed by atoms with Crippen LogP contribution in [0.3, 0.4) is 0 Å². The summed E-state index contributed by atoms with van der Waals surface area (Å²) in [7, 11) is 0. The Hall–Kier alpha value is -5.99. The number of amides is 8. The number of aliphatic carboxylic acids is 1. The number of benzene rings is 1. The van der Waals surface area contributed by atoms with Gasteiger partial charge in [0.25, 0.3) is 0 Å². The fourth-order valence-electron chi connectivity index (χ4n) is 5.85. The minimum atomic E-state index is -1.91. The van der Waals surface area contributed by atoms with Crippen molar-refractivity contribution in [3.8, 4) is 0 Å². The molecule has 0 aliphatic carbocycles. The maximum Gasteiger partial charge on any atom is 0.410 e. The number of ether oxygens (including phenoxy) is 1. The lowest BCUT2D eigenvalue weighted by Gasteiger charge is -2.35. The number of carbonyl (C=O) groups is 9. The van der Waals surface area contributed by atoms with E-state index in [1.807, 2.05) is 0 Å². The maximum absolute atomic E-state index is 13.7. The quantitative estimate of drug-likeness (QED) is 0.0309. The van der Waals surface area contributed by atoms with E-state index in [9.17, 15) is 68.7 Å². The molecule has 0 saturated heterocycles. The molecular weight excluding hydrogens is 860 g/mol. The molecule has 0 aromatic heterocycles. The average Bonchev–Trinajstić information content (AvgIpc) is 3.25. The smallest absolute Gasteiger partial charge is 0.410 e. The molecule has 65 heavy (non-hydrogen) atoms. The number of hydrogen-bond acceptors (Lipinski definition) is 16. The van der Waals surface area contributed by atoms with Crippen LogP contribution in [0.2, 0.25) is 0 Å². The highest BCUT2D eigenvalue weighted by molar-refractivity contribution is 5.94. The van der Waals surface area contributed by atoms with Gasteiger partial charge in [0.2, 0.25) is 41.4 Å². The molecule has 8 amide bonds. The Labute approximate surface area is 375 Å². The van der Waals surface area contributed by atoms with Crippen LogP contribution in [0, 0.1) is 5.92 Å². The van der Waals surface area contributed by atoms with Crippen LogP contribution in [0.4, 0.5) is 4.79 Å². The zero-order chi connectivity index (χ0) is 49.2. The summed E-state index contributed by atoms with van der Waals surface area (Å²) in [4.78, 5) is 115. The first kappa shape index (κ1) is 57.0. The van der Waals surface area contributed by atoms with Gasteiger partial charge in [0, 0.05) is 38.9 Å². The number of carbonyl (C=O) groups excluding carboxylic acids is 8. The van der Waals surface area contributed by atoms with Gasteiger partial charge in [-0.15, -0.1) is 0 Å². The third-order valence-electron chi connectivity index (χ3n) is 9.34. The number of aliphatic hydroxyl groups is 4. The highest BCUT2D eigenvalue weighted by Crippen LogP contribution is 2.13. The van der Waals surface area contributed by atoms with E-state index in [1.165, 1.54) is 0 Å².